The SMILES string of the molecule is C[SiH](C)Oc1c2cc(C(C)(C)C)cc1Cc1cc(C(C)(C)C)cc(c1O)Cc1cc(C(C)(C)C)cc(c1O)Cc1cc(C(C)(C)C)cc(c1O)C2. The van der Waals surface area contributed by atoms with Crippen LogP contribution in [-0.2, 0) is 47.3 Å². The molecule has 274 valence electrons. The van der Waals surface area contributed by atoms with E-state index in [1.807, 2.05) is 0 Å². The van der Waals surface area contributed by atoms with Crippen molar-refractivity contribution in [3.05, 3.63) is 115 Å². The lowest BCUT2D eigenvalue weighted by Gasteiger charge is -2.28. The Kier molecular flexibility index (Phi) is 10.1. The highest BCUT2D eigenvalue weighted by Gasteiger charge is 2.28. The van der Waals surface area contributed by atoms with Crippen LogP contribution in [0.3, 0.4) is 0 Å². The third kappa shape index (κ3) is 8.35. The predicted molar refractivity (Wildman–Crippen MR) is 216 cm³/mol. The molecule has 0 radical (unpaired) electrons. The average Bonchev–Trinajstić information content (AvgIpc) is 2.97. The van der Waals surface area contributed by atoms with Crippen molar-refractivity contribution in [1.29, 1.82) is 0 Å². The molecular weight excluding hydrogens is 645 g/mol. The molecule has 1 aliphatic rings. The molecule has 4 nitrogen and oxygen atoms in total. The summed E-state index contributed by atoms with van der Waals surface area (Å²) in [5, 5.41) is 36.3. The van der Waals surface area contributed by atoms with Gasteiger partial charge in [-0.15, -0.1) is 0 Å². The first-order valence-electron chi connectivity index (χ1n) is 18.7. The summed E-state index contributed by atoms with van der Waals surface area (Å²) in [6, 6.07) is 17.3. The Bertz CT molecular complexity index is 1840. The molecule has 4 aromatic rings. The van der Waals surface area contributed by atoms with Gasteiger partial charge in [-0.1, -0.05) is 132 Å². The first-order chi connectivity index (χ1) is 23.3. The summed E-state index contributed by atoms with van der Waals surface area (Å²) in [6.07, 6.45) is 1.74. The zero-order chi connectivity index (χ0) is 38.0. The van der Waals surface area contributed by atoms with Crippen molar-refractivity contribution in [3.63, 3.8) is 0 Å². The molecule has 0 unspecified atom stereocenters. The highest BCUT2D eigenvalue weighted by atomic mass is 28.3. The van der Waals surface area contributed by atoms with Gasteiger partial charge < -0.3 is 19.7 Å². The van der Waals surface area contributed by atoms with Crippen LogP contribution in [0.15, 0.2) is 48.5 Å². The lowest BCUT2D eigenvalue weighted by Crippen LogP contribution is -2.18. The molecule has 0 aliphatic heterocycles. The van der Waals surface area contributed by atoms with Crippen molar-refractivity contribution in [2.45, 2.75) is 144 Å². The minimum Gasteiger partial charge on any atom is -0.547 e. The fourth-order valence-corrected chi connectivity index (χ4v) is 7.82. The summed E-state index contributed by atoms with van der Waals surface area (Å²) < 4.78 is 6.85. The molecule has 0 saturated carbocycles. The van der Waals surface area contributed by atoms with Crippen LogP contribution >= 0.6 is 0 Å². The second-order valence-electron chi connectivity index (χ2n) is 19.4. The number of hydrogen-bond acceptors (Lipinski definition) is 4. The maximum atomic E-state index is 12.1. The van der Waals surface area contributed by atoms with E-state index in [2.05, 4.69) is 145 Å². The minimum atomic E-state index is -1.57. The van der Waals surface area contributed by atoms with E-state index >= 15 is 0 Å². The number of rotatable bonds is 2. The van der Waals surface area contributed by atoms with E-state index in [0.29, 0.717) is 25.7 Å². The molecule has 0 fully saturated rings. The van der Waals surface area contributed by atoms with Crippen molar-refractivity contribution in [2.24, 2.45) is 0 Å². The van der Waals surface area contributed by atoms with Crippen LogP contribution in [-0.4, -0.2) is 24.4 Å². The molecule has 0 spiro atoms. The predicted octanol–water partition coefficient (Wildman–Crippen LogP) is 11.0. The van der Waals surface area contributed by atoms with Crippen LogP contribution in [0.2, 0.25) is 13.1 Å². The fraction of sp³-hybridized carbons (Fsp3) is 0.478. The van der Waals surface area contributed by atoms with Crippen LogP contribution in [0.4, 0.5) is 0 Å². The lowest BCUT2D eigenvalue weighted by molar-refractivity contribution is 0.452. The number of fused-ring (bicyclic) bond motifs is 8. The van der Waals surface area contributed by atoms with Crippen molar-refractivity contribution < 1.29 is 19.7 Å². The maximum Gasteiger partial charge on any atom is 0.229 e. The molecule has 8 bridgehead atoms. The molecule has 51 heavy (non-hydrogen) atoms. The topological polar surface area (TPSA) is 69.9 Å². The monoisotopic (exact) mass is 706 g/mol. The van der Waals surface area contributed by atoms with Gasteiger partial charge in [-0.25, -0.2) is 0 Å². The fourth-order valence-electron chi connectivity index (χ4n) is 7.05. The highest BCUT2D eigenvalue weighted by molar-refractivity contribution is 6.49. The van der Waals surface area contributed by atoms with Crippen molar-refractivity contribution in [3.8, 4) is 23.0 Å². The third-order valence-electron chi connectivity index (χ3n) is 10.4. The first kappa shape index (κ1) is 38.5. The van der Waals surface area contributed by atoms with Gasteiger partial charge in [0.05, 0.1) is 0 Å². The van der Waals surface area contributed by atoms with Crippen LogP contribution in [0.25, 0.3) is 0 Å². The molecule has 0 aromatic heterocycles. The molecule has 5 rings (SSSR count). The first-order valence-corrected chi connectivity index (χ1v) is 21.5. The summed E-state index contributed by atoms with van der Waals surface area (Å²) in [5.41, 5.74) is 10.9. The Hall–Kier alpha value is -3.70. The number of phenolic OH excluding ortho intramolecular Hbond substituents is 3. The Labute approximate surface area is 309 Å². The van der Waals surface area contributed by atoms with Crippen molar-refractivity contribution >= 4 is 9.04 Å². The van der Waals surface area contributed by atoms with E-state index in [4.69, 9.17) is 4.43 Å². The van der Waals surface area contributed by atoms with E-state index < -0.39 is 9.04 Å². The highest BCUT2D eigenvalue weighted by Crippen LogP contribution is 2.43. The van der Waals surface area contributed by atoms with Gasteiger partial charge >= 0.3 is 0 Å². The minimum absolute atomic E-state index is 0.135. The molecule has 0 amide bonds. The van der Waals surface area contributed by atoms with Gasteiger partial charge in [0.25, 0.3) is 0 Å². The Morgan fingerprint density at radius 1 is 0.392 bits per heavy atom. The quantitative estimate of drug-likeness (QED) is 0.160. The molecule has 0 atom stereocenters. The smallest absolute Gasteiger partial charge is 0.229 e. The summed E-state index contributed by atoms with van der Waals surface area (Å²) in [5.74, 6) is 1.63. The number of phenols is 3. The van der Waals surface area contributed by atoms with E-state index in [9.17, 15) is 15.3 Å². The second-order valence-corrected chi connectivity index (χ2v) is 21.8. The van der Waals surface area contributed by atoms with Crippen LogP contribution in [0, 0.1) is 0 Å². The Balaban J connectivity index is 1.93. The van der Waals surface area contributed by atoms with Crippen molar-refractivity contribution in [2.75, 3.05) is 0 Å². The normalized spacial score (nSPS) is 14.2. The molecule has 5 heteroatoms. The molecule has 0 saturated heterocycles. The number of aromatic hydroxyl groups is 3. The summed E-state index contributed by atoms with van der Waals surface area (Å²) >= 11 is 0. The van der Waals surface area contributed by atoms with Gasteiger partial charge in [0.15, 0.2) is 0 Å². The zero-order valence-electron chi connectivity index (χ0n) is 33.8. The summed E-state index contributed by atoms with van der Waals surface area (Å²) in [6.45, 7) is 30.9. The lowest BCUT2D eigenvalue weighted by atomic mass is 9.79. The van der Waals surface area contributed by atoms with Gasteiger partial charge in [0, 0.05) is 25.7 Å². The number of hydrogen-bond donors (Lipinski definition) is 3. The van der Waals surface area contributed by atoms with Crippen LogP contribution in [0.5, 0.6) is 23.0 Å². The van der Waals surface area contributed by atoms with Gasteiger partial charge in [0.1, 0.15) is 23.0 Å². The average molecular weight is 707 g/mol. The van der Waals surface area contributed by atoms with Gasteiger partial charge in [-0.05, 0) is 102 Å². The number of benzene rings is 4. The Morgan fingerprint density at radius 3 is 0.784 bits per heavy atom. The molecule has 1 aliphatic carbocycles. The largest absolute Gasteiger partial charge is 0.547 e. The third-order valence-corrected chi connectivity index (χ3v) is 11.1. The van der Waals surface area contributed by atoms with Crippen molar-refractivity contribution in [1.82, 2.24) is 0 Å². The van der Waals surface area contributed by atoms with Crippen LogP contribution in [0.1, 0.15) is 150 Å². The van der Waals surface area contributed by atoms with E-state index in [-0.39, 0.29) is 38.9 Å². The molecule has 4 aromatic carbocycles. The summed E-state index contributed by atoms with van der Waals surface area (Å²) in [7, 11) is -1.57. The Morgan fingerprint density at radius 2 is 0.588 bits per heavy atom. The van der Waals surface area contributed by atoms with Gasteiger partial charge in [-0.2, -0.15) is 0 Å². The molecule has 0 heterocycles. The molecule has 3 N–H and O–H groups in total. The van der Waals surface area contributed by atoms with E-state index in [1.54, 1.807) is 0 Å². The summed E-state index contributed by atoms with van der Waals surface area (Å²) in [4.78, 5) is 0. The molecular formula is C46H62O4Si. The van der Waals surface area contributed by atoms with Crippen LogP contribution < -0.4 is 4.43 Å². The second kappa shape index (κ2) is 13.4. The van der Waals surface area contributed by atoms with Gasteiger partial charge in [0.2, 0.25) is 9.04 Å². The maximum absolute atomic E-state index is 12.1. The van der Waals surface area contributed by atoms with E-state index in [1.165, 1.54) is 5.56 Å². The zero-order valence-corrected chi connectivity index (χ0v) is 34.9. The van der Waals surface area contributed by atoms with Gasteiger partial charge in [-0.3, -0.25) is 0 Å². The standard InChI is InChI=1S/C46H62O4Si/c1-43(2,3)35-19-27-15-29-21-36(44(4,5)6)23-31(40(29)48)17-33-25-38(46(10,11)12)26-34(42(33)50-51(13)14)18-32-24-37(45(7,8)9)22-30(41(32)49)16-28(20-35)39(27)47/h19-26,47-49,51H,15-18H2,1-14H3. The van der Waals surface area contributed by atoms with E-state index in [0.717, 1.165) is 66.9 Å².